The Hall–Kier alpha value is -3.60. The van der Waals surface area contributed by atoms with E-state index >= 15 is 0 Å². The van der Waals surface area contributed by atoms with Gasteiger partial charge in [-0.15, -0.1) is 0 Å². The molecule has 0 fully saturated rings. The number of hydrogen-bond acceptors (Lipinski definition) is 4. The summed E-state index contributed by atoms with van der Waals surface area (Å²) in [7, 11) is 0. The van der Waals surface area contributed by atoms with Crippen LogP contribution in [0.15, 0.2) is 84.0 Å². The molecule has 0 saturated carbocycles. The first-order valence-corrected chi connectivity index (χ1v) is 8.67. The molecule has 1 aliphatic rings. The number of carboxylic acid groups (broad SMARTS) is 1. The topological polar surface area (TPSA) is 70.9 Å². The molecule has 1 aliphatic heterocycles. The Bertz CT molecular complexity index is 985. The lowest BCUT2D eigenvalue weighted by molar-refractivity contribution is 0.0696. The van der Waals surface area contributed by atoms with Gasteiger partial charge < -0.3 is 9.84 Å². The normalized spacial score (nSPS) is 17.0. The maximum absolute atomic E-state index is 11.4. The van der Waals surface area contributed by atoms with E-state index in [2.05, 4.69) is 10.5 Å². The van der Waals surface area contributed by atoms with Crippen LogP contribution < -0.4 is 10.2 Å². The number of fused-ring (bicyclic) bond motifs is 1. The Morgan fingerprint density at radius 1 is 1.00 bits per heavy atom. The van der Waals surface area contributed by atoms with Crippen LogP contribution in [-0.4, -0.2) is 16.8 Å². The van der Waals surface area contributed by atoms with E-state index in [1.54, 1.807) is 18.2 Å². The smallest absolute Gasteiger partial charge is 0.335 e. The van der Waals surface area contributed by atoms with Crippen molar-refractivity contribution in [3.05, 3.63) is 95.6 Å². The van der Waals surface area contributed by atoms with Crippen molar-refractivity contribution in [2.45, 2.75) is 12.5 Å². The fraction of sp³-hybridized carbons (Fsp3) is 0.0909. The van der Waals surface area contributed by atoms with Gasteiger partial charge in [-0.3, -0.25) is 5.43 Å². The van der Waals surface area contributed by atoms with Gasteiger partial charge in [-0.1, -0.05) is 48.5 Å². The van der Waals surface area contributed by atoms with E-state index < -0.39 is 5.97 Å². The molecule has 4 rings (SSSR count). The lowest BCUT2D eigenvalue weighted by Gasteiger charge is -2.28. The van der Waals surface area contributed by atoms with Crippen molar-refractivity contribution in [2.24, 2.45) is 5.10 Å². The second kappa shape index (κ2) is 7.33. The third-order valence-corrected chi connectivity index (χ3v) is 4.45. The summed E-state index contributed by atoms with van der Waals surface area (Å²) in [6.45, 7) is 0. The van der Waals surface area contributed by atoms with Crippen molar-refractivity contribution < 1.29 is 14.6 Å². The van der Waals surface area contributed by atoms with Gasteiger partial charge in [0.25, 0.3) is 0 Å². The lowest BCUT2D eigenvalue weighted by Crippen LogP contribution is -2.22. The largest absolute Gasteiger partial charge is 0.485 e. The summed E-state index contributed by atoms with van der Waals surface area (Å²) in [5, 5.41) is 13.9. The van der Waals surface area contributed by atoms with Gasteiger partial charge in [-0.05, 0) is 35.9 Å². The Labute approximate surface area is 156 Å². The van der Waals surface area contributed by atoms with Gasteiger partial charge in [-0.25, -0.2) is 4.79 Å². The molecule has 3 aromatic rings. The second-order valence-electron chi connectivity index (χ2n) is 6.27. The van der Waals surface area contributed by atoms with Crippen molar-refractivity contribution >= 4 is 17.4 Å². The Morgan fingerprint density at radius 3 is 2.41 bits per heavy atom. The molecule has 0 radical (unpaired) electrons. The van der Waals surface area contributed by atoms with Gasteiger partial charge >= 0.3 is 5.97 Å². The molecule has 1 atom stereocenters. The quantitative estimate of drug-likeness (QED) is 0.662. The SMILES string of the molecule is O=C(O)c1ccc2c(c1)/C(=N/Nc1ccccc1)CC(c1ccccc1)O2. The van der Waals surface area contributed by atoms with E-state index in [4.69, 9.17) is 4.74 Å². The molecule has 134 valence electrons. The van der Waals surface area contributed by atoms with Crippen LogP contribution in [0.5, 0.6) is 5.75 Å². The van der Waals surface area contributed by atoms with E-state index in [0.29, 0.717) is 17.7 Å². The standard InChI is InChI=1S/C22H18N2O3/c25-22(26)16-11-12-20-18(13-16)19(24-23-17-9-5-2-6-10-17)14-21(27-20)15-7-3-1-4-8-15/h1-13,21,23H,14H2,(H,25,26)/b24-19+. The molecule has 1 heterocycles. The Morgan fingerprint density at radius 2 is 1.70 bits per heavy atom. The van der Waals surface area contributed by atoms with E-state index in [-0.39, 0.29) is 11.7 Å². The highest BCUT2D eigenvalue weighted by atomic mass is 16.5. The number of ether oxygens (including phenoxy) is 1. The van der Waals surface area contributed by atoms with Gasteiger partial charge in [0.1, 0.15) is 11.9 Å². The van der Waals surface area contributed by atoms with Gasteiger partial charge in [-0.2, -0.15) is 5.10 Å². The summed E-state index contributed by atoms with van der Waals surface area (Å²) in [4.78, 5) is 11.4. The first kappa shape index (κ1) is 16.8. The van der Waals surface area contributed by atoms with E-state index in [0.717, 1.165) is 17.0 Å². The van der Waals surface area contributed by atoms with Gasteiger partial charge in [0, 0.05) is 12.0 Å². The fourth-order valence-electron chi connectivity index (χ4n) is 3.08. The molecule has 5 heteroatoms. The molecule has 1 unspecified atom stereocenters. The maximum Gasteiger partial charge on any atom is 0.335 e. The molecule has 0 saturated heterocycles. The van der Waals surface area contributed by atoms with Crippen molar-refractivity contribution in [1.29, 1.82) is 0 Å². The van der Waals surface area contributed by atoms with Crippen molar-refractivity contribution in [1.82, 2.24) is 0 Å². The van der Waals surface area contributed by atoms with E-state index in [1.807, 2.05) is 60.7 Å². The summed E-state index contributed by atoms with van der Waals surface area (Å²) in [6, 6.07) is 24.4. The number of nitrogens with one attached hydrogen (secondary N) is 1. The number of hydrogen-bond donors (Lipinski definition) is 2. The number of rotatable bonds is 4. The molecule has 2 N–H and O–H groups in total. The fourth-order valence-corrected chi connectivity index (χ4v) is 3.08. The van der Waals surface area contributed by atoms with Crippen molar-refractivity contribution in [3.8, 4) is 5.75 Å². The molecule has 27 heavy (non-hydrogen) atoms. The summed E-state index contributed by atoms with van der Waals surface area (Å²) in [5.74, 6) is -0.341. The molecule has 0 bridgehead atoms. The van der Waals surface area contributed by atoms with Crippen LogP contribution in [0.1, 0.15) is 34.0 Å². The number of nitrogens with zero attached hydrogens (tertiary/aromatic N) is 1. The highest BCUT2D eigenvalue weighted by Gasteiger charge is 2.27. The highest BCUT2D eigenvalue weighted by molar-refractivity contribution is 6.06. The minimum absolute atomic E-state index is 0.175. The van der Waals surface area contributed by atoms with Gasteiger partial charge in [0.2, 0.25) is 0 Å². The molecule has 0 aromatic heterocycles. The third-order valence-electron chi connectivity index (χ3n) is 4.45. The average Bonchev–Trinajstić information content (AvgIpc) is 2.72. The number of carbonyl (C=O) groups is 1. The van der Waals surface area contributed by atoms with E-state index in [1.165, 1.54) is 0 Å². The molecule has 0 aliphatic carbocycles. The van der Waals surface area contributed by atoms with Gasteiger partial charge in [0.15, 0.2) is 0 Å². The minimum atomic E-state index is -0.974. The predicted molar refractivity (Wildman–Crippen MR) is 104 cm³/mol. The Balaban J connectivity index is 1.72. The zero-order valence-electron chi connectivity index (χ0n) is 14.5. The summed E-state index contributed by atoms with van der Waals surface area (Å²) in [6.07, 6.45) is 0.366. The molecular formula is C22H18N2O3. The molecule has 0 spiro atoms. The third kappa shape index (κ3) is 3.67. The minimum Gasteiger partial charge on any atom is -0.485 e. The summed E-state index contributed by atoms with van der Waals surface area (Å²) >= 11 is 0. The highest BCUT2D eigenvalue weighted by Crippen LogP contribution is 2.36. The van der Waals surface area contributed by atoms with Crippen LogP contribution in [0.3, 0.4) is 0 Å². The lowest BCUT2D eigenvalue weighted by atomic mass is 9.94. The van der Waals surface area contributed by atoms with E-state index in [9.17, 15) is 9.90 Å². The zero-order valence-corrected chi connectivity index (χ0v) is 14.5. The van der Waals surface area contributed by atoms with Crippen LogP contribution in [0.2, 0.25) is 0 Å². The zero-order chi connectivity index (χ0) is 18.6. The first-order valence-electron chi connectivity index (χ1n) is 8.67. The number of aromatic carboxylic acids is 1. The van der Waals surface area contributed by atoms with Crippen LogP contribution in [0.4, 0.5) is 5.69 Å². The summed E-state index contributed by atoms with van der Waals surface area (Å²) < 4.78 is 6.13. The molecule has 5 nitrogen and oxygen atoms in total. The first-order chi connectivity index (χ1) is 13.2. The average molecular weight is 358 g/mol. The maximum atomic E-state index is 11.4. The number of para-hydroxylation sites is 1. The van der Waals surface area contributed by atoms with Crippen LogP contribution in [0.25, 0.3) is 0 Å². The second-order valence-corrected chi connectivity index (χ2v) is 6.27. The van der Waals surface area contributed by atoms with Crippen LogP contribution >= 0.6 is 0 Å². The molecule has 3 aromatic carbocycles. The molecule has 0 amide bonds. The number of carboxylic acids is 1. The van der Waals surface area contributed by atoms with Crippen LogP contribution in [-0.2, 0) is 0 Å². The monoisotopic (exact) mass is 358 g/mol. The number of hydrazone groups is 1. The number of benzene rings is 3. The summed E-state index contributed by atoms with van der Waals surface area (Å²) in [5.41, 5.74) is 6.65. The van der Waals surface area contributed by atoms with Crippen LogP contribution in [0, 0.1) is 0 Å². The molecular weight excluding hydrogens is 340 g/mol. The van der Waals surface area contributed by atoms with Crippen molar-refractivity contribution in [3.63, 3.8) is 0 Å². The van der Waals surface area contributed by atoms with Crippen molar-refractivity contribution in [2.75, 3.05) is 5.43 Å². The predicted octanol–water partition coefficient (Wildman–Crippen LogP) is 4.72. The number of anilines is 1. The van der Waals surface area contributed by atoms with Gasteiger partial charge in [0.05, 0.1) is 17.0 Å². The Kier molecular flexibility index (Phi) is 4.58.